The first-order chi connectivity index (χ1) is 10.1. The fourth-order valence-corrected chi connectivity index (χ4v) is 4.01. The first-order valence-corrected chi connectivity index (χ1v) is 8.50. The highest BCUT2D eigenvalue weighted by Gasteiger charge is 2.25. The maximum absolute atomic E-state index is 12.5. The first kappa shape index (κ1) is 14.0. The molecule has 21 heavy (non-hydrogen) atoms. The third kappa shape index (κ3) is 2.62. The molecular formula is C12H13N5O2S2. The number of hydrogen-bond acceptors (Lipinski definition) is 6. The largest absolute Gasteiger partial charge is 0.371 e. The Morgan fingerprint density at radius 2 is 2.29 bits per heavy atom. The summed E-state index contributed by atoms with van der Waals surface area (Å²) in [5.41, 5.74) is 0.790. The number of hydrogen-bond donors (Lipinski definition) is 2. The molecule has 2 N–H and O–H groups in total. The van der Waals surface area contributed by atoms with Gasteiger partial charge in [-0.2, -0.15) is 0 Å². The molecule has 0 saturated carbocycles. The van der Waals surface area contributed by atoms with Crippen molar-refractivity contribution in [1.29, 1.82) is 0 Å². The summed E-state index contributed by atoms with van der Waals surface area (Å²) in [5.74, 6) is 0.334. The summed E-state index contributed by atoms with van der Waals surface area (Å²) in [6, 6.07) is 3.57. The van der Waals surface area contributed by atoms with E-state index in [0.717, 1.165) is 5.56 Å². The number of anilines is 1. The third-order valence-electron chi connectivity index (χ3n) is 2.90. The number of thiazole rings is 1. The zero-order chi connectivity index (χ0) is 14.9. The van der Waals surface area contributed by atoms with Crippen molar-refractivity contribution in [2.75, 3.05) is 12.4 Å². The summed E-state index contributed by atoms with van der Waals surface area (Å²) in [6.07, 6.45) is 4.95. The average Bonchev–Trinajstić information content (AvgIpc) is 3.06. The summed E-state index contributed by atoms with van der Waals surface area (Å²) < 4.78 is 29.2. The van der Waals surface area contributed by atoms with Crippen LogP contribution in [-0.4, -0.2) is 29.8 Å². The number of sulfonamides is 1. The molecule has 3 aromatic heterocycles. The van der Waals surface area contributed by atoms with Gasteiger partial charge in [0.05, 0.1) is 0 Å². The SMILES string of the molecule is CNc1nc2sccn2c1S(=O)(=O)NCc1cccnc1. The Balaban J connectivity index is 1.94. The number of nitrogens with zero attached hydrogens (tertiary/aromatic N) is 3. The van der Waals surface area contributed by atoms with Crippen molar-refractivity contribution < 1.29 is 8.42 Å². The molecule has 0 amide bonds. The molecule has 0 bridgehead atoms. The summed E-state index contributed by atoms with van der Waals surface area (Å²) >= 11 is 1.38. The molecule has 7 nitrogen and oxygen atoms in total. The van der Waals surface area contributed by atoms with Crippen LogP contribution < -0.4 is 10.0 Å². The normalized spacial score (nSPS) is 11.9. The van der Waals surface area contributed by atoms with Crippen LogP contribution in [0.2, 0.25) is 0 Å². The molecule has 3 aromatic rings. The van der Waals surface area contributed by atoms with Gasteiger partial charge in [0.2, 0.25) is 0 Å². The summed E-state index contributed by atoms with van der Waals surface area (Å²) in [7, 11) is -2.04. The van der Waals surface area contributed by atoms with Crippen LogP contribution >= 0.6 is 11.3 Å². The Morgan fingerprint density at radius 1 is 1.43 bits per heavy atom. The smallest absolute Gasteiger partial charge is 0.260 e. The highest BCUT2D eigenvalue weighted by atomic mass is 32.2. The molecule has 0 aromatic carbocycles. The van der Waals surface area contributed by atoms with E-state index in [1.165, 1.54) is 11.3 Å². The van der Waals surface area contributed by atoms with Crippen molar-refractivity contribution in [2.45, 2.75) is 11.6 Å². The Labute approximate surface area is 125 Å². The zero-order valence-corrected chi connectivity index (χ0v) is 12.8. The Bertz CT molecular complexity index is 854. The Kier molecular flexibility index (Phi) is 3.62. The van der Waals surface area contributed by atoms with E-state index in [0.29, 0.717) is 10.8 Å². The summed E-state index contributed by atoms with van der Waals surface area (Å²) in [6.45, 7) is 0.177. The van der Waals surface area contributed by atoms with Crippen molar-refractivity contribution in [2.24, 2.45) is 0 Å². The lowest BCUT2D eigenvalue weighted by atomic mass is 10.3. The lowest BCUT2D eigenvalue weighted by Gasteiger charge is -2.07. The van der Waals surface area contributed by atoms with Gasteiger partial charge in [-0.25, -0.2) is 18.1 Å². The third-order valence-corrected chi connectivity index (χ3v) is 5.08. The van der Waals surface area contributed by atoms with Gasteiger partial charge in [-0.1, -0.05) is 6.07 Å². The van der Waals surface area contributed by atoms with Crippen LogP contribution in [0.3, 0.4) is 0 Å². The topological polar surface area (TPSA) is 88.4 Å². The van der Waals surface area contributed by atoms with Crippen molar-refractivity contribution in [1.82, 2.24) is 19.1 Å². The van der Waals surface area contributed by atoms with E-state index in [4.69, 9.17) is 0 Å². The molecule has 0 atom stereocenters. The van der Waals surface area contributed by atoms with E-state index < -0.39 is 10.0 Å². The molecule has 0 aliphatic rings. The highest BCUT2D eigenvalue weighted by molar-refractivity contribution is 7.89. The molecule has 0 fully saturated rings. The number of imidazole rings is 1. The van der Waals surface area contributed by atoms with Gasteiger partial charge >= 0.3 is 0 Å². The van der Waals surface area contributed by atoms with Crippen LogP contribution in [0.5, 0.6) is 0 Å². The van der Waals surface area contributed by atoms with Gasteiger partial charge in [0.25, 0.3) is 10.0 Å². The maximum Gasteiger partial charge on any atom is 0.260 e. The van der Waals surface area contributed by atoms with Crippen molar-refractivity contribution in [3.8, 4) is 0 Å². The molecule has 0 saturated heterocycles. The molecule has 110 valence electrons. The van der Waals surface area contributed by atoms with Gasteiger partial charge in [-0.3, -0.25) is 9.38 Å². The van der Waals surface area contributed by atoms with Gasteiger partial charge in [0.1, 0.15) is 0 Å². The number of nitrogens with one attached hydrogen (secondary N) is 2. The monoisotopic (exact) mass is 323 g/mol. The van der Waals surface area contributed by atoms with E-state index in [9.17, 15) is 8.42 Å². The fourth-order valence-electron chi connectivity index (χ4n) is 1.93. The second-order valence-electron chi connectivity index (χ2n) is 4.26. The number of fused-ring (bicyclic) bond motifs is 1. The second kappa shape index (κ2) is 5.43. The molecule has 0 aliphatic carbocycles. The summed E-state index contributed by atoms with van der Waals surface area (Å²) in [5, 5.41) is 4.73. The molecule has 9 heteroatoms. The molecular weight excluding hydrogens is 310 g/mol. The molecule has 0 spiro atoms. The standard InChI is InChI=1S/C12H13N5O2S2/c1-13-10-11(17-5-6-20-12(17)16-10)21(18,19)15-8-9-3-2-4-14-7-9/h2-7,13,15H,8H2,1H3. The quantitative estimate of drug-likeness (QED) is 0.739. The minimum Gasteiger partial charge on any atom is -0.371 e. The van der Waals surface area contributed by atoms with Gasteiger partial charge in [-0.05, 0) is 11.6 Å². The minimum atomic E-state index is -3.69. The van der Waals surface area contributed by atoms with Crippen molar-refractivity contribution >= 4 is 32.1 Å². The predicted octanol–water partition coefficient (Wildman–Crippen LogP) is 1.31. The lowest BCUT2D eigenvalue weighted by Crippen LogP contribution is -2.25. The molecule has 3 rings (SSSR count). The second-order valence-corrected chi connectivity index (χ2v) is 6.81. The molecule has 0 radical (unpaired) electrons. The van der Waals surface area contributed by atoms with E-state index >= 15 is 0 Å². The van der Waals surface area contributed by atoms with Crippen LogP contribution in [0.25, 0.3) is 4.96 Å². The van der Waals surface area contributed by atoms with Crippen LogP contribution in [0.4, 0.5) is 5.82 Å². The van der Waals surface area contributed by atoms with Gasteiger partial charge < -0.3 is 5.32 Å². The maximum atomic E-state index is 12.5. The van der Waals surface area contributed by atoms with Crippen LogP contribution in [-0.2, 0) is 16.6 Å². The first-order valence-electron chi connectivity index (χ1n) is 6.13. The molecule has 3 heterocycles. The minimum absolute atomic E-state index is 0.116. The number of pyridine rings is 1. The van der Waals surface area contributed by atoms with Crippen molar-refractivity contribution in [3.63, 3.8) is 0 Å². The highest BCUT2D eigenvalue weighted by Crippen LogP contribution is 2.25. The van der Waals surface area contributed by atoms with Crippen LogP contribution in [0.1, 0.15) is 5.56 Å². The summed E-state index contributed by atoms with van der Waals surface area (Å²) in [4.78, 5) is 8.84. The molecule has 0 unspecified atom stereocenters. The number of aromatic nitrogens is 3. The predicted molar refractivity (Wildman–Crippen MR) is 80.9 cm³/mol. The Hall–Kier alpha value is -1.97. The molecule has 0 aliphatic heterocycles. The van der Waals surface area contributed by atoms with E-state index in [1.807, 2.05) is 6.07 Å². The van der Waals surface area contributed by atoms with E-state index in [1.54, 1.807) is 41.5 Å². The van der Waals surface area contributed by atoms with Crippen molar-refractivity contribution in [3.05, 3.63) is 41.7 Å². The van der Waals surface area contributed by atoms with Gasteiger partial charge in [-0.15, -0.1) is 11.3 Å². The van der Waals surface area contributed by atoms with Gasteiger partial charge in [0, 0.05) is 37.6 Å². The van der Waals surface area contributed by atoms with E-state index in [2.05, 4.69) is 20.0 Å². The van der Waals surface area contributed by atoms with Crippen LogP contribution in [0, 0.1) is 0 Å². The lowest BCUT2D eigenvalue weighted by molar-refractivity contribution is 0.577. The Morgan fingerprint density at radius 3 is 3.00 bits per heavy atom. The average molecular weight is 323 g/mol. The number of rotatable bonds is 5. The zero-order valence-electron chi connectivity index (χ0n) is 11.1. The van der Waals surface area contributed by atoms with Crippen LogP contribution in [0.15, 0.2) is 41.1 Å². The fraction of sp³-hybridized carbons (Fsp3) is 0.167. The van der Waals surface area contributed by atoms with E-state index in [-0.39, 0.29) is 11.6 Å². The van der Waals surface area contributed by atoms with Gasteiger partial charge in [0.15, 0.2) is 15.8 Å².